The SMILES string of the molecule is COc1ccc(N2CC(N)CC2=O)cc1F. The van der Waals surface area contributed by atoms with Crippen LogP contribution < -0.4 is 15.4 Å². The van der Waals surface area contributed by atoms with Crippen molar-refractivity contribution in [2.75, 3.05) is 18.6 Å². The van der Waals surface area contributed by atoms with Gasteiger partial charge in [0.25, 0.3) is 0 Å². The quantitative estimate of drug-likeness (QED) is 0.812. The van der Waals surface area contributed by atoms with Crippen LogP contribution in [-0.2, 0) is 4.79 Å². The molecule has 1 atom stereocenters. The molecule has 0 aromatic heterocycles. The third-order valence-corrected chi connectivity index (χ3v) is 2.60. The second-order valence-electron chi connectivity index (χ2n) is 3.79. The largest absolute Gasteiger partial charge is 0.494 e. The summed E-state index contributed by atoms with van der Waals surface area (Å²) in [6.07, 6.45) is 0.313. The summed E-state index contributed by atoms with van der Waals surface area (Å²) in [5.74, 6) is -0.384. The van der Waals surface area contributed by atoms with Gasteiger partial charge in [-0.3, -0.25) is 4.79 Å². The lowest BCUT2D eigenvalue weighted by Crippen LogP contribution is -2.27. The van der Waals surface area contributed by atoms with Gasteiger partial charge >= 0.3 is 0 Å². The Morgan fingerprint density at radius 3 is 2.81 bits per heavy atom. The van der Waals surface area contributed by atoms with Gasteiger partial charge in [-0.15, -0.1) is 0 Å². The summed E-state index contributed by atoms with van der Waals surface area (Å²) < 4.78 is 18.2. The first-order chi connectivity index (χ1) is 7.61. The first-order valence-corrected chi connectivity index (χ1v) is 5.01. The number of methoxy groups -OCH3 is 1. The third-order valence-electron chi connectivity index (χ3n) is 2.60. The highest BCUT2D eigenvalue weighted by molar-refractivity contribution is 5.96. The molecule has 0 bridgehead atoms. The van der Waals surface area contributed by atoms with E-state index in [1.165, 1.54) is 24.1 Å². The second-order valence-corrected chi connectivity index (χ2v) is 3.79. The smallest absolute Gasteiger partial charge is 0.228 e. The molecule has 86 valence electrons. The van der Waals surface area contributed by atoms with Crippen molar-refractivity contribution < 1.29 is 13.9 Å². The Kier molecular flexibility index (Phi) is 2.78. The molecule has 0 saturated carbocycles. The van der Waals surface area contributed by atoms with Crippen LogP contribution in [0, 0.1) is 5.82 Å². The van der Waals surface area contributed by atoms with Crippen LogP contribution in [0.2, 0.25) is 0 Å². The molecule has 0 spiro atoms. The van der Waals surface area contributed by atoms with E-state index in [2.05, 4.69) is 0 Å². The summed E-state index contributed by atoms with van der Waals surface area (Å²) >= 11 is 0. The molecule has 4 nitrogen and oxygen atoms in total. The number of anilines is 1. The van der Waals surface area contributed by atoms with Gasteiger partial charge in [-0.1, -0.05) is 0 Å². The van der Waals surface area contributed by atoms with Crippen LogP contribution in [0.3, 0.4) is 0 Å². The van der Waals surface area contributed by atoms with E-state index in [0.29, 0.717) is 18.7 Å². The van der Waals surface area contributed by atoms with Gasteiger partial charge in [0.2, 0.25) is 5.91 Å². The molecule has 2 N–H and O–H groups in total. The Bertz CT molecular complexity index is 422. The molecular formula is C11H13FN2O2. The summed E-state index contributed by atoms with van der Waals surface area (Å²) in [4.78, 5) is 13.0. The maximum absolute atomic E-state index is 13.4. The summed E-state index contributed by atoms with van der Waals surface area (Å²) in [6, 6.07) is 4.27. The summed E-state index contributed by atoms with van der Waals surface area (Å²) in [6.45, 7) is 0.435. The van der Waals surface area contributed by atoms with Crippen LogP contribution in [0.4, 0.5) is 10.1 Å². The number of hydrogen-bond acceptors (Lipinski definition) is 3. The number of benzene rings is 1. The number of hydrogen-bond donors (Lipinski definition) is 1. The predicted octanol–water partition coefficient (Wildman–Crippen LogP) is 0.898. The molecule has 5 heteroatoms. The lowest BCUT2D eigenvalue weighted by atomic mass is 10.2. The third kappa shape index (κ3) is 1.86. The number of carbonyl (C=O) groups excluding carboxylic acids is 1. The minimum absolute atomic E-state index is 0.0722. The molecule has 1 amide bonds. The minimum Gasteiger partial charge on any atom is -0.494 e. The van der Waals surface area contributed by atoms with Gasteiger partial charge in [0.05, 0.1) is 7.11 Å². The van der Waals surface area contributed by atoms with Gasteiger partial charge in [-0.25, -0.2) is 4.39 Å². The fraction of sp³-hybridized carbons (Fsp3) is 0.364. The van der Waals surface area contributed by atoms with Crippen molar-refractivity contribution in [2.24, 2.45) is 5.73 Å². The number of ether oxygens (including phenoxy) is 1. The molecule has 1 aromatic rings. The first-order valence-electron chi connectivity index (χ1n) is 5.01. The normalized spacial score (nSPS) is 20.3. The summed E-state index contributed by atoms with van der Waals surface area (Å²) in [5.41, 5.74) is 6.19. The van der Waals surface area contributed by atoms with Crippen LogP contribution >= 0.6 is 0 Å². The predicted molar refractivity (Wildman–Crippen MR) is 57.9 cm³/mol. The van der Waals surface area contributed by atoms with Crippen molar-refractivity contribution in [3.63, 3.8) is 0 Å². The average molecular weight is 224 g/mol. The number of nitrogens with zero attached hydrogens (tertiary/aromatic N) is 1. The number of rotatable bonds is 2. The minimum atomic E-state index is -0.478. The van der Waals surface area contributed by atoms with Crippen molar-refractivity contribution in [3.8, 4) is 5.75 Å². The summed E-state index contributed by atoms with van der Waals surface area (Å²) in [7, 11) is 1.40. The molecule has 1 unspecified atom stereocenters. The summed E-state index contributed by atoms with van der Waals surface area (Å²) in [5, 5.41) is 0. The lowest BCUT2D eigenvalue weighted by Gasteiger charge is -2.16. The van der Waals surface area contributed by atoms with Gasteiger partial charge < -0.3 is 15.4 Å². The van der Waals surface area contributed by atoms with Crippen LogP contribution in [-0.4, -0.2) is 25.6 Å². The van der Waals surface area contributed by atoms with Crippen molar-refractivity contribution in [3.05, 3.63) is 24.0 Å². The topological polar surface area (TPSA) is 55.6 Å². The van der Waals surface area contributed by atoms with Gasteiger partial charge in [-0.2, -0.15) is 0 Å². The molecule has 2 rings (SSSR count). The standard InChI is InChI=1S/C11H13FN2O2/c1-16-10-3-2-8(5-9(10)12)14-6-7(13)4-11(14)15/h2-3,5,7H,4,6,13H2,1H3. The number of nitrogens with two attached hydrogens (primary N) is 1. The van der Waals surface area contributed by atoms with Gasteiger partial charge in [-0.05, 0) is 12.1 Å². The van der Waals surface area contributed by atoms with E-state index in [9.17, 15) is 9.18 Å². The maximum atomic E-state index is 13.4. The van der Waals surface area contributed by atoms with Crippen molar-refractivity contribution >= 4 is 11.6 Å². The van der Waals surface area contributed by atoms with Gasteiger partial charge in [0, 0.05) is 30.8 Å². The van der Waals surface area contributed by atoms with Crippen molar-refractivity contribution in [1.82, 2.24) is 0 Å². The number of halogens is 1. The zero-order valence-corrected chi connectivity index (χ0v) is 8.94. The molecular weight excluding hydrogens is 211 g/mol. The van der Waals surface area contributed by atoms with Crippen molar-refractivity contribution in [1.29, 1.82) is 0 Å². The molecule has 16 heavy (non-hydrogen) atoms. The Morgan fingerprint density at radius 1 is 1.56 bits per heavy atom. The number of amides is 1. The van der Waals surface area contributed by atoms with E-state index in [1.807, 2.05) is 0 Å². The fourth-order valence-electron chi connectivity index (χ4n) is 1.81. The van der Waals surface area contributed by atoms with E-state index in [1.54, 1.807) is 6.07 Å². The van der Waals surface area contributed by atoms with Gasteiger partial charge in [0.1, 0.15) is 0 Å². The van der Waals surface area contributed by atoms with Crippen LogP contribution in [0.25, 0.3) is 0 Å². The van der Waals surface area contributed by atoms with Crippen LogP contribution in [0.5, 0.6) is 5.75 Å². The van der Waals surface area contributed by atoms with Crippen molar-refractivity contribution in [2.45, 2.75) is 12.5 Å². The molecule has 1 aliphatic heterocycles. The van der Waals surface area contributed by atoms with E-state index in [0.717, 1.165) is 0 Å². The second kappa shape index (κ2) is 4.09. The zero-order valence-electron chi connectivity index (χ0n) is 8.94. The Balaban J connectivity index is 2.28. The molecule has 1 heterocycles. The zero-order chi connectivity index (χ0) is 11.7. The van der Waals surface area contributed by atoms with E-state index in [-0.39, 0.29) is 17.7 Å². The Labute approximate surface area is 92.8 Å². The first kappa shape index (κ1) is 10.9. The Morgan fingerprint density at radius 2 is 2.31 bits per heavy atom. The van der Waals surface area contributed by atoms with E-state index < -0.39 is 5.82 Å². The molecule has 0 radical (unpaired) electrons. The molecule has 1 aromatic carbocycles. The highest BCUT2D eigenvalue weighted by atomic mass is 19.1. The van der Waals surface area contributed by atoms with E-state index in [4.69, 9.17) is 10.5 Å². The lowest BCUT2D eigenvalue weighted by molar-refractivity contribution is -0.117. The molecule has 1 fully saturated rings. The van der Waals surface area contributed by atoms with E-state index >= 15 is 0 Å². The Hall–Kier alpha value is -1.62. The van der Waals surface area contributed by atoms with Gasteiger partial charge in [0.15, 0.2) is 11.6 Å². The van der Waals surface area contributed by atoms with Crippen LogP contribution in [0.15, 0.2) is 18.2 Å². The monoisotopic (exact) mass is 224 g/mol. The average Bonchev–Trinajstić information content (AvgIpc) is 2.58. The molecule has 1 saturated heterocycles. The highest BCUT2D eigenvalue weighted by Gasteiger charge is 2.28. The highest BCUT2D eigenvalue weighted by Crippen LogP contribution is 2.26. The maximum Gasteiger partial charge on any atom is 0.228 e. The molecule has 1 aliphatic rings. The molecule has 0 aliphatic carbocycles. The fourth-order valence-corrected chi connectivity index (χ4v) is 1.81. The number of carbonyl (C=O) groups is 1. The van der Waals surface area contributed by atoms with Crippen LogP contribution in [0.1, 0.15) is 6.42 Å².